The molecule has 0 fully saturated rings. The number of esters is 1. The predicted octanol–water partition coefficient (Wildman–Crippen LogP) is 3.54. The molecule has 0 radical (unpaired) electrons. The third-order valence-corrected chi connectivity index (χ3v) is 3.48. The Morgan fingerprint density at radius 3 is 2.80 bits per heavy atom. The van der Waals surface area contributed by atoms with Gasteiger partial charge in [0.2, 0.25) is 0 Å². The van der Waals surface area contributed by atoms with Gasteiger partial charge in [0, 0.05) is 10.9 Å². The summed E-state index contributed by atoms with van der Waals surface area (Å²) in [6, 6.07) is 4.93. The molecule has 0 amide bonds. The van der Waals surface area contributed by atoms with Crippen LogP contribution in [0, 0.1) is 0 Å². The molecule has 20 heavy (non-hydrogen) atoms. The smallest absolute Gasteiger partial charge is 0.416 e. The maximum atomic E-state index is 12.6. The van der Waals surface area contributed by atoms with E-state index in [0.29, 0.717) is 16.3 Å². The molecule has 0 aliphatic heterocycles. The van der Waals surface area contributed by atoms with Crippen molar-refractivity contribution < 1.29 is 22.7 Å². The molecular formula is C13H10F3NO2S. The number of carbonyl (C=O) groups is 1. The van der Waals surface area contributed by atoms with Crippen molar-refractivity contribution in [2.45, 2.75) is 12.6 Å². The number of thiazole rings is 1. The Balaban J connectivity index is 2.26. The number of ether oxygens (including phenoxy) is 1. The van der Waals surface area contributed by atoms with Gasteiger partial charge in [-0.1, -0.05) is 12.1 Å². The molecule has 1 aromatic carbocycles. The number of nitrogens with zero attached hydrogens (tertiary/aromatic N) is 1. The monoisotopic (exact) mass is 301 g/mol. The molecule has 0 N–H and O–H groups in total. The van der Waals surface area contributed by atoms with Crippen LogP contribution in [0.25, 0.3) is 10.6 Å². The van der Waals surface area contributed by atoms with E-state index in [2.05, 4.69) is 9.72 Å². The summed E-state index contributed by atoms with van der Waals surface area (Å²) >= 11 is 1.19. The largest absolute Gasteiger partial charge is 0.469 e. The van der Waals surface area contributed by atoms with E-state index >= 15 is 0 Å². The molecule has 0 bridgehead atoms. The van der Waals surface area contributed by atoms with E-state index in [1.165, 1.54) is 24.5 Å². The molecule has 2 aromatic rings. The van der Waals surface area contributed by atoms with Crippen LogP contribution in [0.5, 0.6) is 0 Å². The lowest BCUT2D eigenvalue weighted by Crippen LogP contribution is -2.05. The molecule has 0 aliphatic rings. The normalized spacial score (nSPS) is 11.4. The minimum absolute atomic E-state index is 0.00591. The molecule has 0 aliphatic carbocycles. The fraction of sp³-hybridized carbons (Fsp3) is 0.231. The second kappa shape index (κ2) is 5.62. The number of benzene rings is 1. The zero-order chi connectivity index (χ0) is 14.8. The summed E-state index contributed by atoms with van der Waals surface area (Å²) in [6.45, 7) is 0. The molecule has 0 unspecified atom stereocenters. The number of methoxy groups -OCH3 is 1. The number of halogens is 3. The van der Waals surface area contributed by atoms with Crippen LogP contribution in [0.1, 0.15) is 11.3 Å². The molecule has 0 atom stereocenters. The lowest BCUT2D eigenvalue weighted by atomic mass is 10.1. The van der Waals surface area contributed by atoms with Crippen molar-refractivity contribution in [3.05, 3.63) is 40.9 Å². The van der Waals surface area contributed by atoms with Crippen LogP contribution in [-0.2, 0) is 22.1 Å². The molecular weight excluding hydrogens is 291 g/mol. The highest BCUT2D eigenvalue weighted by Gasteiger charge is 2.30. The van der Waals surface area contributed by atoms with Gasteiger partial charge in [-0.15, -0.1) is 11.3 Å². The highest BCUT2D eigenvalue weighted by Crippen LogP contribution is 2.33. The first-order valence-electron chi connectivity index (χ1n) is 5.59. The first-order chi connectivity index (χ1) is 9.40. The Morgan fingerprint density at radius 2 is 2.15 bits per heavy atom. The van der Waals surface area contributed by atoms with E-state index in [1.54, 1.807) is 11.4 Å². The topological polar surface area (TPSA) is 39.2 Å². The second-order valence-corrected chi connectivity index (χ2v) is 4.83. The molecule has 7 heteroatoms. The van der Waals surface area contributed by atoms with Gasteiger partial charge >= 0.3 is 12.1 Å². The molecule has 106 valence electrons. The minimum Gasteiger partial charge on any atom is -0.469 e. The number of rotatable bonds is 3. The number of aromatic nitrogens is 1. The maximum absolute atomic E-state index is 12.6. The molecule has 1 aromatic heterocycles. The van der Waals surface area contributed by atoms with E-state index in [-0.39, 0.29) is 6.42 Å². The molecule has 2 rings (SSSR count). The first kappa shape index (κ1) is 14.5. The second-order valence-electron chi connectivity index (χ2n) is 3.98. The van der Waals surface area contributed by atoms with Crippen molar-refractivity contribution in [2.24, 2.45) is 0 Å². The van der Waals surface area contributed by atoms with Crippen molar-refractivity contribution in [1.82, 2.24) is 4.98 Å². The zero-order valence-electron chi connectivity index (χ0n) is 10.4. The van der Waals surface area contributed by atoms with Crippen molar-refractivity contribution in [3.63, 3.8) is 0 Å². The third-order valence-electron chi connectivity index (χ3n) is 2.54. The van der Waals surface area contributed by atoms with E-state index in [9.17, 15) is 18.0 Å². The van der Waals surface area contributed by atoms with Crippen LogP contribution in [-0.4, -0.2) is 18.1 Å². The quantitative estimate of drug-likeness (QED) is 0.814. The first-order valence-corrected chi connectivity index (χ1v) is 6.47. The Labute approximate surface area is 117 Å². The van der Waals surface area contributed by atoms with Crippen LogP contribution in [0.15, 0.2) is 29.6 Å². The number of hydrogen-bond donors (Lipinski definition) is 0. The average molecular weight is 301 g/mol. The molecule has 1 heterocycles. The summed E-state index contributed by atoms with van der Waals surface area (Å²) in [5, 5.41) is 2.07. The third kappa shape index (κ3) is 3.36. The van der Waals surface area contributed by atoms with Crippen molar-refractivity contribution in [2.75, 3.05) is 7.11 Å². The van der Waals surface area contributed by atoms with Gasteiger partial charge in [0.1, 0.15) is 5.01 Å². The summed E-state index contributed by atoms with van der Waals surface area (Å²) in [7, 11) is 1.27. The van der Waals surface area contributed by atoms with Gasteiger partial charge in [-0.3, -0.25) is 4.79 Å². The van der Waals surface area contributed by atoms with Crippen LogP contribution in [0.4, 0.5) is 13.2 Å². The van der Waals surface area contributed by atoms with Gasteiger partial charge in [-0.25, -0.2) is 4.98 Å². The highest BCUT2D eigenvalue weighted by atomic mass is 32.1. The summed E-state index contributed by atoms with van der Waals surface area (Å²) in [5.41, 5.74) is 0.134. The van der Waals surface area contributed by atoms with Crippen LogP contribution in [0.2, 0.25) is 0 Å². The number of hydrogen-bond acceptors (Lipinski definition) is 4. The number of carbonyl (C=O) groups excluding carboxylic acids is 1. The summed E-state index contributed by atoms with van der Waals surface area (Å²) in [4.78, 5) is 15.2. The summed E-state index contributed by atoms with van der Waals surface area (Å²) < 4.78 is 42.4. The van der Waals surface area contributed by atoms with Crippen LogP contribution < -0.4 is 0 Å². The zero-order valence-corrected chi connectivity index (χ0v) is 11.2. The Morgan fingerprint density at radius 1 is 1.40 bits per heavy atom. The summed E-state index contributed by atoms with van der Waals surface area (Å²) in [6.07, 6.45) is -4.38. The van der Waals surface area contributed by atoms with Gasteiger partial charge in [0.05, 0.1) is 24.8 Å². The molecule has 0 spiro atoms. The van der Waals surface area contributed by atoms with Gasteiger partial charge in [-0.2, -0.15) is 13.2 Å². The molecule has 3 nitrogen and oxygen atoms in total. The molecule has 0 saturated heterocycles. The summed E-state index contributed by atoms with van der Waals surface area (Å²) in [5.74, 6) is -0.439. The van der Waals surface area contributed by atoms with E-state index < -0.39 is 17.7 Å². The highest BCUT2D eigenvalue weighted by molar-refractivity contribution is 7.13. The lowest BCUT2D eigenvalue weighted by molar-refractivity contribution is -0.140. The van der Waals surface area contributed by atoms with Gasteiger partial charge in [0.15, 0.2) is 0 Å². The van der Waals surface area contributed by atoms with Crippen molar-refractivity contribution in [3.8, 4) is 10.6 Å². The van der Waals surface area contributed by atoms with Crippen molar-refractivity contribution in [1.29, 1.82) is 0 Å². The van der Waals surface area contributed by atoms with E-state index in [4.69, 9.17) is 0 Å². The Bertz CT molecular complexity index is 622. The van der Waals surface area contributed by atoms with Crippen LogP contribution in [0.3, 0.4) is 0 Å². The van der Waals surface area contributed by atoms with Crippen LogP contribution >= 0.6 is 11.3 Å². The fourth-order valence-electron chi connectivity index (χ4n) is 1.57. The minimum atomic E-state index is -4.39. The Hall–Kier alpha value is -1.89. The van der Waals surface area contributed by atoms with E-state index in [1.807, 2.05) is 0 Å². The fourth-order valence-corrected chi connectivity index (χ4v) is 2.39. The van der Waals surface area contributed by atoms with E-state index in [0.717, 1.165) is 12.1 Å². The Kier molecular flexibility index (Phi) is 4.08. The number of alkyl halides is 3. The standard InChI is InChI=1S/C13H10F3NO2S/c1-19-11(18)6-10-7-20-12(17-10)8-3-2-4-9(5-8)13(14,15)16/h2-5,7H,6H2,1H3. The maximum Gasteiger partial charge on any atom is 0.416 e. The molecule has 0 saturated carbocycles. The van der Waals surface area contributed by atoms with Crippen molar-refractivity contribution >= 4 is 17.3 Å². The predicted molar refractivity (Wildman–Crippen MR) is 68.3 cm³/mol. The lowest BCUT2D eigenvalue weighted by Gasteiger charge is -2.07. The van der Waals surface area contributed by atoms with Gasteiger partial charge < -0.3 is 4.74 Å². The average Bonchev–Trinajstić information content (AvgIpc) is 2.86. The van der Waals surface area contributed by atoms with Gasteiger partial charge in [0.25, 0.3) is 0 Å². The SMILES string of the molecule is COC(=O)Cc1csc(-c2cccc(C(F)(F)F)c2)n1. The van der Waals surface area contributed by atoms with Gasteiger partial charge in [-0.05, 0) is 12.1 Å².